The second-order valence-corrected chi connectivity index (χ2v) is 9.95. The molecule has 5 nitrogen and oxygen atoms in total. The molecule has 30 heavy (non-hydrogen) atoms. The van der Waals surface area contributed by atoms with E-state index in [4.69, 9.17) is 0 Å². The van der Waals surface area contributed by atoms with Crippen LogP contribution >= 0.6 is 45.7 Å². The fourth-order valence-electron chi connectivity index (χ4n) is 3.34. The average molecular weight is 549 g/mol. The van der Waals surface area contributed by atoms with Crippen LogP contribution < -0.4 is 10.2 Å². The molecule has 2 amide bonds. The molecule has 2 heterocycles. The van der Waals surface area contributed by atoms with Crippen LogP contribution in [0.15, 0.2) is 53.9 Å². The van der Waals surface area contributed by atoms with Gasteiger partial charge < -0.3 is 10.2 Å². The lowest BCUT2D eigenvalue weighted by Gasteiger charge is -2.29. The number of halogens is 1. The summed E-state index contributed by atoms with van der Waals surface area (Å²) in [6.07, 6.45) is 1.98. The number of para-hydroxylation sites is 1. The summed E-state index contributed by atoms with van der Waals surface area (Å²) in [6, 6.07) is 16.1. The molecule has 0 aliphatic carbocycles. The first-order chi connectivity index (χ1) is 14.6. The molecule has 4 rings (SSSR count). The molecule has 0 saturated heterocycles. The SMILES string of the molecule is O=C(CSCC(=O)N1CCCc2ccccc21)Nc1nc(-c2ccc(I)cc2)cs1. The Morgan fingerprint density at radius 2 is 1.93 bits per heavy atom. The van der Waals surface area contributed by atoms with Gasteiger partial charge in [0.15, 0.2) is 5.13 Å². The first-order valence-corrected chi connectivity index (χ1v) is 12.7. The second-order valence-electron chi connectivity index (χ2n) is 6.86. The van der Waals surface area contributed by atoms with E-state index < -0.39 is 0 Å². The normalized spacial score (nSPS) is 13.0. The van der Waals surface area contributed by atoms with Crippen LogP contribution in [0, 0.1) is 3.57 Å². The lowest BCUT2D eigenvalue weighted by molar-refractivity contribution is -0.116. The quantitative estimate of drug-likeness (QED) is 0.437. The van der Waals surface area contributed by atoms with E-state index in [-0.39, 0.29) is 23.3 Å². The van der Waals surface area contributed by atoms with Crippen LogP contribution in [0.3, 0.4) is 0 Å². The third-order valence-corrected chi connectivity index (χ3v) is 7.15. The Morgan fingerprint density at radius 3 is 2.77 bits per heavy atom. The number of nitrogens with one attached hydrogen (secondary N) is 1. The minimum atomic E-state index is -0.143. The molecular formula is C22H20IN3O2S2. The number of nitrogens with zero attached hydrogens (tertiary/aromatic N) is 2. The highest BCUT2D eigenvalue weighted by molar-refractivity contribution is 14.1. The lowest BCUT2D eigenvalue weighted by atomic mass is 10.0. The van der Waals surface area contributed by atoms with Crippen LogP contribution in [0.4, 0.5) is 10.8 Å². The summed E-state index contributed by atoms with van der Waals surface area (Å²) in [5.41, 5.74) is 4.09. The van der Waals surface area contributed by atoms with Crippen molar-refractivity contribution in [1.29, 1.82) is 0 Å². The molecule has 3 aromatic rings. The number of fused-ring (bicyclic) bond motifs is 1. The van der Waals surface area contributed by atoms with Gasteiger partial charge >= 0.3 is 0 Å². The Balaban J connectivity index is 1.27. The topological polar surface area (TPSA) is 62.3 Å². The standard InChI is InChI=1S/C22H20IN3O2S2/c23-17-9-7-15(8-10-17)18-12-30-22(24-18)25-20(27)13-29-14-21(28)26-11-3-5-16-4-1-2-6-19(16)26/h1-2,4,6-10,12H,3,5,11,13-14H2,(H,24,25,27). The van der Waals surface area contributed by atoms with Crippen LogP contribution in [-0.2, 0) is 16.0 Å². The molecule has 2 aromatic carbocycles. The highest BCUT2D eigenvalue weighted by atomic mass is 127. The van der Waals surface area contributed by atoms with Gasteiger partial charge in [-0.3, -0.25) is 9.59 Å². The van der Waals surface area contributed by atoms with Crippen LogP contribution in [0.25, 0.3) is 11.3 Å². The zero-order valence-corrected chi connectivity index (χ0v) is 19.9. The van der Waals surface area contributed by atoms with E-state index in [0.717, 1.165) is 36.3 Å². The van der Waals surface area contributed by atoms with E-state index in [1.54, 1.807) is 0 Å². The summed E-state index contributed by atoms with van der Waals surface area (Å²) in [5, 5.41) is 5.34. The van der Waals surface area contributed by atoms with Crippen molar-refractivity contribution in [2.45, 2.75) is 12.8 Å². The van der Waals surface area contributed by atoms with Crippen molar-refractivity contribution >= 4 is 68.3 Å². The molecule has 0 radical (unpaired) electrons. The number of carbonyl (C=O) groups is 2. The van der Waals surface area contributed by atoms with Crippen molar-refractivity contribution in [2.24, 2.45) is 0 Å². The Morgan fingerprint density at radius 1 is 1.13 bits per heavy atom. The monoisotopic (exact) mass is 549 g/mol. The molecular weight excluding hydrogens is 529 g/mol. The molecule has 0 fully saturated rings. The van der Waals surface area contributed by atoms with Crippen molar-refractivity contribution in [1.82, 2.24) is 4.98 Å². The second kappa shape index (κ2) is 9.93. The highest BCUT2D eigenvalue weighted by Gasteiger charge is 2.22. The lowest BCUT2D eigenvalue weighted by Crippen LogP contribution is -2.36. The Kier molecular flexibility index (Phi) is 7.06. The maximum atomic E-state index is 12.6. The van der Waals surface area contributed by atoms with Crippen LogP contribution in [0.2, 0.25) is 0 Å². The predicted octanol–water partition coefficient (Wildman–Crippen LogP) is 5.07. The number of hydrogen-bond donors (Lipinski definition) is 1. The Labute approximate surface area is 197 Å². The number of amides is 2. The van der Waals surface area contributed by atoms with Gasteiger partial charge in [0.1, 0.15) is 0 Å². The smallest absolute Gasteiger partial charge is 0.236 e. The van der Waals surface area contributed by atoms with Gasteiger partial charge in [0.2, 0.25) is 11.8 Å². The van der Waals surface area contributed by atoms with Gasteiger partial charge in [-0.2, -0.15) is 0 Å². The summed E-state index contributed by atoms with van der Waals surface area (Å²) in [5.74, 6) is 0.415. The van der Waals surface area contributed by atoms with Crippen molar-refractivity contribution in [2.75, 3.05) is 28.3 Å². The Bertz CT molecular complexity index is 1050. The number of carbonyl (C=O) groups excluding carboxylic acids is 2. The minimum Gasteiger partial charge on any atom is -0.311 e. The molecule has 1 aliphatic rings. The molecule has 0 saturated carbocycles. The van der Waals surface area contributed by atoms with Crippen molar-refractivity contribution in [3.63, 3.8) is 0 Å². The van der Waals surface area contributed by atoms with Gasteiger partial charge in [0, 0.05) is 26.7 Å². The highest BCUT2D eigenvalue weighted by Crippen LogP contribution is 2.28. The fraction of sp³-hybridized carbons (Fsp3) is 0.227. The van der Waals surface area contributed by atoms with E-state index in [2.05, 4.69) is 39.0 Å². The van der Waals surface area contributed by atoms with E-state index in [1.165, 1.54) is 32.2 Å². The minimum absolute atomic E-state index is 0.0511. The first-order valence-electron chi connectivity index (χ1n) is 9.57. The maximum absolute atomic E-state index is 12.6. The summed E-state index contributed by atoms with van der Waals surface area (Å²) >= 11 is 5.00. The van der Waals surface area contributed by atoms with Gasteiger partial charge in [-0.1, -0.05) is 30.3 Å². The van der Waals surface area contributed by atoms with Crippen molar-refractivity contribution in [3.8, 4) is 11.3 Å². The van der Waals surface area contributed by atoms with E-state index in [9.17, 15) is 9.59 Å². The largest absolute Gasteiger partial charge is 0.311 e. The number of thiazole rings is 1. The number of aromatic nitrogens is 1. The summed E-state index contributed by atoms with van der Waals surface area (Å²) in [4.78, 5) is 31.3. The molecule has 0 bridgehead atoms. The van der Waals surface area contributed by atoms with Gasteiger partial charge in [-0.15, -0.1) is 23.1 Å². The van der Waals surface area contributed by atoms with Gasteiger partial charge in [-0.05, 0) is 59.2 Å². The van der Waals surface area contributed by atoms with Crippen molar-refractivity contribution < 1.29 is 9.59 Å². The Hall–Kier alpha value is -1.91. The molecule has 8 heteroatoms. The molecule has 1 N–H and O–H groups in total. The third-order valence-electron chi connectivity index (χ3n) is 4.76. The number of aryl methyl sites for hydroxylation is 1. The van der Waals surface area contributed by atoms with Crippen molar-refractivity contribution in [3.05, 3.63) is 63.0 Å². The number of benzene rings is 2. The molecule has 0 spiro atoms. The summed E-state index contributed by atoms with van der Waals surface area (Å²) in [7, 11) is 0. The van der Waals surface area contributed by atoms with E-state index in [0.29, 0.717) is 5.13 Å². The average Bonchev–Trinajstić information content (AvgIpc) is 3.22. The number of thioether (sulfide) groups is 1. The third kappa shape index (κ3) is 5.22. The fourth-order valence-corrected chi connectivity index (χ4v) is 5.13. The van der Waals surface area contributed by atoms with Gasteiger partial charge in [-0.25, -0.2) is 4.98 Å². The molecule has 1 aliphatic heterocycles. The summed E-state index contributed by atoms with van der Waals surface area (Å²) < 4.78 is 1.17. The maximum Gasteiger partial charge on any atom is 0.236 e. The zero-order chi connectivity index (χ0) is 20.9. The molecule has 0 unspecified atom stereocenters. The number of hydrogen-bond acceptors (Lipinski definition) is 5. The number of anilines is 2. The van der Waals surface area contributed by atoms with Gasteiger partial charge in [0.05, 0.1) is 17.2 Å². The van der Waals surface area contributed by atoms with E-state index >= 15 is 0 Å². The molecule has 1 aromatic heterocycles. The molecule has 0 atom stereocenters. The summed E-state index contributed by atoms with van der Waals surface area (Å²) in [6.45, 7) is 0.739. The first kappa shape index (κ1) is 21.3. The van der Waals surface area contributed by atoms with Gasteiger partial charge in [0.25, 0.3) is 0 Å². The van der Waals surface area contributed by atoms with E-state index in [1.807, 2.05) is 52.7 Å². The molecule has 154 valence electrons. The predicted molar refractivity (Wildman–Crippen MR) is 133 cm³/mol. The van der Waals surface area contributed by atoms with Crippen LogP contribution in [0.5, 0.6) is 0 Å². The number of rotatable bonds is 6. The van der Waals surface area contributed by atoms with Crippen LogP contribution in [0.1, 0.15) is 12.0 Å². The van der Waals surface area contributed by atoms with Crippen LogP contribution in [-0.4, -0.2) is 34.8 Å². The zero-order valence-electron chi connectivity index (χ0n) is 16.1.